The number of carbonyl (C=O) groups excluding carboxylic acids is 2. The fraction of sp³-hybridized carbons (Fsp3) is 0.385. The summed E-state index contributed by atoms with van der Waals surface area (Å²) in [6.07, 6.45) is 0. The fourth-order valence-electron chi connectivity index (χ4n) is 1.49. The molecule has 0 fully saturated rings. The molecular formula is C13H21N5O4S. The van der Waals surface area contributed by atoms with Crippen molar-refractivity contribution in [3.05, 3.63) is 24.3 Å². The van der Waals surface area contributed by atoms with Crippen LogP contribution in [0.2, 0.25) is 0 Å². The lowest BCUT2D eigenvalue weighted by atomic mass is 10.3. The van der Waals surface area contributed by atoms with E-state index in [0.29, 0.717) is 17.9 Å². The van der Waals surface area contributed by atoms with E-state index in [0.717, 1.165) is 4.31 Å². The average Bonchev–Trinajstić information content (AvgIpc) is 2.43. The van der Waals surface area contributed by atoms with Gasteiger partial charge in [0.25, 0.3) is 0 Å². The predicted octanol–water partition coefficient (Wildman–Crippen LogP) is 0.163. The maximum absolute atomic E-state index is 11.7. The molecule has 0 aliphatic heterocycles. The number of nitrogens with zero attached hydrogens (tertiary/aromatic N) is 1. The summed E-state index contributed by atoms with van der Waals surface area (Å²) in [5.41, 5.74) is 0.760. The Bertz CT molecular complexity index is 660. The first-order valence-corrected chi connectivity index (χ1v) is 8.24. The molecule has 0 heterocycles. The van der Waals surface area contributed by atoms with Crippen LogP contribution in [0.25, 0.3) is 0 Å². The third-order valence-electron chi connectivity index (χ3n) is 2.63. The summed E-state index contributed by atoms with van der Waals surface area (Å²) >= 11 is 0. The van der Waals surface area contributed by atoms with Crippen LogP contribution in [-0.4, -0.2) is 51.8 Å². The topological polar surface area (TPSA) is 120 Å². The number of hydrogen-bond donors (Lipinski definition) is 4. The third kappa shape index (κ3) is 6.98. The van der Waals surface area contributed by atoms with Crippen LogP contribution >= 0.6 is 0 Å². The monoisotopic (exact) mass is 343 g/mol. The van der Waals surface area contributed by atoms with Crippen LogP contribution in [0, 0.1) is 0 Å². The molecule has 0 aromatic heterocycles. The molecule has 128 valence electrons. The van der Waals surface area contributed by atoms with E-state index in [1.165, 1.54) is 27.1 Å². The van der Waals surface area contributed by atoms with Crippen molar-refractivity contribution in [2.75, 3.05) is 37.2 Å². The van der Waals surface area contributed by atoms with Gasteiger partial charge < -0.3 is 16.0 Å². The van der Waals surface area contributed by atoms with Crippen LogP contribution in [0.3, 0.4) is 0 Å². The quantitative estimate of drug-likeness (QED) is 0.527. The number of carbonyl (C=O) groups is 2. The number of anilines is 2. The van der Waals surface area contributed by atoms with Crippen LogP contribution in [0.4, 0.5) is 16.2 Å². The number of nitrogens with one attached hydrogen (secondary N) is 4. The van der Waals surface area contributed by atoms with Crippen LogP contribution in [0.15, 0.2) is 24.3 Å². The second kappa shape index (κ2) is 8.34. The van der Waals surface area contributed by atoms with Crippen LogP contribution < -0.4 is 20.7 Å². The van der Waals surface area contributed by atoms with E-state index in [1.807, 2.05) is 0 Å². The summed E-state index contributed by atoms with van der Waals surface area (Å²) in [6.45, 7) is 1.99. The molecule has 0 saturated carbocycles. The Labute approximate surface area is 135 Å². The van der Waals surface area contributed by atoms with Gasteiger partial charge in [-0.05, 0) is 18.2 Å². The number of hydrogen-bond acceptors (Lipinski definition) is 4. The molecule has 4 N–H and O–H groups in total. The predicted molar refractivity (Wildman–Crippen MR) is 88.4 cm³/mol. The Morgan fingerprint density at radius 3 is 2.30 bits per heavy atom. The highest BCUT2D eigenvalue weighted by molar-refractivity contribution is 7.90. The van der Waals surface area contributed by atoms with Gasteiger partial charge in [0.05, 0.1) is 5.69 Å². The van der Waals surface area contributed by atoms with Gasteiger partial charge in [0, 0.05) is 39.8 Å². The summed E-state index contributed by atoms with van der Waals surface area (Å²) < 4.78 is 26.9. The van der Waals surface area contributed by atoms with Crippen molar-refractivity contribution in [3.8, 4) is 0 Å². The zero-order chi connectivity index (χ0) is 17.5. The van der Waals surface area contributed by atoms with Crippen LogP contribution in [0.5, 0.6) is 0 Å². The first kappa shape index (κ1) is 18.7. The molecule has 0 saturated heterocycles. The SMILES string of the molecule is CC(=O)NCCNC(=O)Nc1cccc(NS(=O)(=O)N(C)C)c1. The lowest BCUT2D eigenvalue weighted by molar-refractivity contribution is -0.118. The molecule has 0 unspecified atom stereocenters. The smallest absolute Gasteiger partial charge is 0.319 e. The van der Waals surface area contributed by atoms with E-state index >= 15 is 0 Å². The molecule has 23 heavy (non-hydrogen) atoms. The van der Waals surface area contributed by atoms with E-state index in [-0.39, 0.29) is 12.5 Å². The van der Waals surface area contributed by atoms with Gasteiger partial charge in [0.1, 0.15) is 0 Å². The molecule has 1 aromatic rings. The first-order valence-electron chi connectivity index (χ1n) is 6.80. The van der Waals surface area contributed by atoms with Crippen molar-refractivity contribution >= 4 is 33.5 Å². The fourth-order valence-corrected chi connectivity index (χ4v) is 2.10. The van der Waals surface area contributed by atoms with Gasteiger partial charge in [0.2, 0.25) is 5.91 Å². The third-order valence-corrected chi connectivity index (χ3v) is 4.09. The molecule has 1 rings (SSSR count). The van der Waals surface area contributed by atoms with Crippen molar-refractivity contribution in [2.45, 2.75) is 6.92 Å². The number of amides is 3. The van der Waals surface area contributed by atoms with E-state index in [1.54, 1.807) is 18.2 Å². The molecule has 9 nitrogen and oxygen atoms in total. The highest BCUT2D eigenvalue weighted by atomic mass is 32.2. The Kier molecular flexibility index (Phi) is 6.79. The standard InChI is InChI=1S/C13H21N5O4S/c1-10(19)14-7-8-15-13(20)16-11-5-4-6-12(9-11)17-23(21,22)18(2)3/h4-6,9,17H,7-8H2,1-3H3,(H,14,19)(H2,15,16,20). The van der Waals surface area contributed by atoms with Gasteiger partial charge in [-0.3, -0.25) is 9.52 Å². The van der Waals surface area contributed by atoms with Crippen molar-refractivity contribution < 1.29 is 18.0 Å². The molecule has 0 spiro atoms. The summed E-state index contributed by atoms with van der Waals surface area (Å²) in [4.78, 5) is 22.4. The maximum Gasteiger partial charge on any atom is 0.319 e. The molecule has 0 atom stereocenters. The number of urea groups is 1. The van der Waals surface area contributed by atoms with Gasteiger partial charge >= 0.3 is 16.2 Å². The molecule has 0 bridgehead atoms. The largest absolute Gasteiger partial charge is 0.355 e. The molecule has 10 heteroatoms. The zero-order valence-corrected chi connectivity index (χ0v) is 14.0. The first-order chi connectivity index (χ1) is 10.7. The highest BCUT2D eigenvalue weighted by Crippen LogP contribution is 2.16. The average molecular weight is 343 g/mol. The lowest BCUT2D eigenvalue weighted by Crippen LogP contribution is -2.36. The van der Waals surface area contributed by atoms with E-state index in [2.05, 4.69) is 20.7 Å². The second-order valence-corrected chi connectivity index (χ2v) is 6.72. The van der Waals surface area contributed by atoms with Crippen molar-refractivity contribution in [1.82, 2.24) is 14.9 Å². The second-order valence-electron chi connectivity index (χ2n) is 4.83. The Morgan fingerprint density at radius 2 is 1.70 bits per heavy atom. The molecule has 0 aliphatic rings. The number of rotatable bonds is 7. The van der Waals surface area contributed by atoms with E-state index in [4.69, 9.17) is 0 Å². The summed E-state index contributed by atoms with van der Waals surface area (Å²) in [6, 6.07) is 5.85. The highest BCUT2D eigenvalue weighted by Gasteiger charge is 2.13. The Hall–Kier alpha value is -2.33. The minimum atomic E-state index is -3.61. The maximum atomic E-state index is 11.7. The number of benzene rings is 1. The minimum absolute atomic E-state index is 0.173. The van der Waals surface area contributed by atoms with Gasteiger partial charge in [-0.2, -0.15) is 12.7 Å². The summed E-state index contributed by atoms with van der Waals surface area (Å²) in [7, 11) is -0.788. The van der Waals surface area contributed by atoms with Crippen molar-refractivity contribution in [3.63, 3.8) is 0 Å². The van der Waals surface area contributed by atoms with E-state index in [9.17, 15) is 18.0 Å². The summed E-state index contributed by atoms with van der Waals surface area (Å²) in [5, 5.41) is 7.68. The molecule has 0 aliphatic carbocycles. The zero-order valence-electron chi connectivity index (χ0n) is 13.2. The van der Waals surface area contributed by atoms with Crippen LogP contribution in [-0.2, 0) is 15.0 Å². The Balaban J connectivity index is 2.57. The van der Waals surface area contributed by atoms with Gasteiger partial charge in [0.15, 0.2) is 0 Å². The van der Waals surface area contributed by atoms with Gasteiger partial charge in [-0.1, -0.05) is 6.07 Å². The van der Waals surface area contributed by atoms with Crippen molar-refractivity contribution in [2.24, 2.45) is 0 Å². The van der Waals surface area contributed by atoms with Crippen LogP contribution in [0.1, 0.15) is 6.92 Å². The molecular weight excluding hydrogens is 322 g/mol. The summed E-state index contributed by atoms with van der Waals surface area (Å²) in [5.74, 6) is -0.173. The van der Waals surface area contributed by atoms with Gasteiger partial charge in [-0.15, -0.1) is 0 Å². The molecule has 1 aromatic carbocycles. The van der Waals surface area contributed by atoms with E-state index < -0.39 is 16.2 Å². The van der Waals surface area contributed by atoms with Gasteiger partial charge in [-0.25, -0.2) is 4.79 Å². The lowest BCUT2D eigenvalue weighted by Gasteiger charge is -2.14. The Morgan fingerprint density at radius 1 is 1.09 bits per heavy atom. The molecule has 0 radical (unpaired) electrons. The van der Waals surface area contributed by atoms with Crippen molar-refractivity contribution in [1.29, 1.82) is 0 Å². The molecule has 3 amide bonds. The minimum Gasteiger partial charge on any atom is -0.355 e. The normalized spacial score (nSPS) is 11.0.